The van der Waals surface area contributed by atoms with E-state index in [4.69, 9.17) is 0 Å². The molecule has 2 atom stereocenters. The van der Waals surface area contributed by atoms with Gasteiger partial charge in [0.05, 0.1) is 4.47 Å². The smallest absolute Gasteiger partial charge is 0.144 e. The molecule has 1 heterocycles. The van der Waals surface area contributed by atoms with Gasteiger partial charge in [-0.25, -0.2) is 8.78 Å². The Hall–Kier alpha value is -0.520. The van der Waals surface area contributed by atoms with Crippen LogP contribution in [0.5, 0.6) is 0 Å². The minimum absolute atomic E-state index is 0.157. The maximum Gasteiger partial charge on any atom is 0.144 e. The number of nitrogens with one attached hydrogen (secondary N) is 1. The molecule has 2 nitrogen and oxygen atoms in total. The predicted molar refractivity (Wildman–Crippen MR) is 80.6 cm³/mol. The molecule has 0 amide bonds. The molecule has 20 heavy (non-hydrogen) atoms. The third-order valence-corrected chi connectivity index (χ3v) is 4.75. The Morgan fingerprint density at radius 1 is 1.45 bits per heavy atom. The summed E-state index contributed by atoms with van der Waals surface area (Å²) in [5.41, 5.74) is 0.157. The summed E-state index contributed by atoms with van der Waals surface area (Å²) in [7, 11) is 0. The Kier molecular flexibility index (Phi) is 5.52. The molecule has 1 fully saturated rings. The number of halogens is 3. The SMILES string of the molecule is CCC(C)C1CN(Cc2c(F)ccc(Br)c2F)CCN1. The third-order valence-electron chi connectivity index (χ3n) is 4.14. The second-order valence-corrected chi connectivity index (χ2v) is 6.36. The van der Waals surface area contributed by atoms with E-state index < -0.39 is 11.6 Å². The monoisotopic (exact) mass is 346 g/mol. The Balaban J connectivity index is 2.08. The van der Waals surface area contributed by atoms with E-state index >= 15 is 0 Å². The average Bonchev–Trinajstić information content (AvgIpc) is 2.47. The van der Waals surface area contributed by atoms with E-state index in [1.165, 1.54) is 12.1 Å². The molecule has 1 aliphatic heterocycles. The highest BCUT2D eigenvalue weighted by atomic mass is 79.9. The Bertz CT molecular complexity index is 467. The van der Waals surface area contributed by atoms with Crippen molar-refractivity contribution in [2.45, 2.75) is 32.9 Å². The molecule has 1 aromatic rings. The van der Waals surface area contributed by atoms with Gasteiger partial charge in [0.15, 0.2) is 0 Å². The van der Waals surface area contributed by atoms with Crippen LogP contribution in [0.1, 0.15) is 25.8 Å². The lowest BCUT2D eigenvalue weighted by molar-refractivity contribution is 0.159. The van der Waals surface area contributed by atoms with Crippen LogP contribution >= 0.6 is 15.9 Å². The molecule has 1 saturated heterocycles. The molecule has 1 aromatic carbocycles. The second kappa shape index (κ2) is 6.96. The molecule has 0 bridgehead atoms. The first-order valence-electron chi connectivity index (χ1n) is 7.11. The molecule has 2 unspecified atom stereocenters. The highest BCUT2D eigenvalue weighted by molar-refractivity contribution is 9.10. The van der Waals surface area contributed by atoms with E-state index in [0.29, 0.717) is 23.0 Å². The van der Waals surface area contributed by atoms with Gasteiger partial charge >= 0.3 is 0 Å². The van der Waals surface area contributed by atoms with Crippen molar-refractivity contribution in [1.82, 2.24) is 10.2 Å². The van der Waals surface area contributed by atoms with Crippen molar-refractivity contribution in [2.75, 3.05) is 19.6 Å². The lowest BCUT2D eigenvalue weighted by Crippen LogP contribution is -2.52. The van der Waals surface area contributed by atoms with E-state index in [1.54, 1.807) is 0 Å². The molecule has 5 heteroatoms. The van der Waals surface area contributed by atoms with E-state index in [1.807, 2.05) is 0 Å². The van der Waals surface area contributed by atoms with Gasteiger partial charge in [-0.05, 0) is 34.0 Å². The maximum atomic E-state index is 14.0. The zero-order valence-electron chi connectivity index (χ0n) is 11.9. The zero-order chi connectivity index (χ0) is 14.7. The van der Waals surface area contributed by atoms with Crippen LogP contribution in [0, 0.1) is 17.6 Å². The van der Waals surface area contributed by atoms with Gasteiger partial charge in [-0.1, -0.05) is 20.3 Å². The quantitative estimate of drug-likeness (QED) is 0.838. The maximum absolute atomic E-state index is 14.0. The zero-order valence-corrected chi connectivity index (χ0v) is 13.5. The summed E-state index contributed by atoms with van der Waals surface area (Å²) in [4.78, 5) is 2.13. The number of nitrogens with zero attached hydrogens (tertiary/aromatic N) is 1. The van der Waals surface area contributed by atoms with Crippen LogP contribution in [0.4, 0.5) is 8.78 Å². The summed E-state index contributed by atoms with van der Waals surface area (Å²) in [5.74, 6) is -0.386. The number of rotatable bonds is 4. The highest BCUT2D eigenvalue weighted by Gasteiger charge is 2.25. The average molecular weight is 347 g/mol. The first-order chi connectivity index (χ1) is 9.52. The van der Waals surface area contributed by atoms with E-state index in [2.05, 4.69) is 40.0 Å². The molecule has 112 valence electrons. The molecule has 2 rings (SSSR count). The summed E-state index contributed by atoms with van der Waals surface area (Å²) in [6.45, 7) is 7.22. The van der Waals surface area contributed by atoms with Gasteiger partial charge in [0.2, 0.25) is 0 Å². The number of benzene rings is 1. The molecule has 0 aromatic heterocycles. The van der Waals surface area contributed by atoms with Crippen LogP contribution in [0.3, 0.4) is 0 Å². The molecule has 0 radical (unpaired) electrons. The second-order valence-electron chi connectivity index (χ2n) is 5.50. The normalized spacial score (nSPS) is 21.9. The summed E-state index contributed by atoms with van der Waals surface area (Å²) in [6, 6.07) is 3.12. The van der Waals surface area contributed by atoms with E-state index in [-0.39, 0.29) is 5.56 Å². The standard InChI is InChI=1S/C15H21BrF2N2/c1-3-10(2)14-9-20(7-6-19-14)8-11-13(17)5-4-12(16)15(11)18/h4-5,10,14,19H,3,6-9H2,1-2H3. The van der Waals surface area contributed by atoms with Crippen LogP contribution in [0.2, 0.25) is 0 Å². The predicted octanol–water partition coefficient (Wildman–Crippen LogP) is 3.55. The minimum Gasteiger partial charge on any atom is -0.311 e. The molecule has 1 N–H and O–H groups in total. The molecular formula is C15H21BrF2N2. The van der Waals surface area contributed by atoms with Crippen molar-refractivity contribution < 1.29 is 8.78 Å². The van der Waals surface area contributed by atoms with Gasteiger partial charge in [-0.15, -0.1) is 0 Å². The topological polar surface area (TPSA) is 15.3 Å². The van der Waals surface area contributed by atoms with Gasteiger partial charge in [0.1, 0.15) is 11.6 Å². The van der Waals surface area contributed by atoms with Crippen molar-refractivity contribution in [3.05, 3.63) is 33.8 Å². The fourth-order valence-electron chi connectivity index (χ4n) is 2.59. The van der Waals surface area contributed by atoms with Gasteiger partial charge < -0.3 is 5.32 Å². The lowest BCUT2D eigenvalue weighted by Gasteiger charge is -2.36. The summed E-state index contributed by atoms with van der Waals surface area (Å²) in [6.07, 6.45) is 1.10. The van der Waals surface area contributed by atoms with Crippen molar-refractivity contribution in [3.63, 3.8) is 0 Å². The van der Waals surface area contributed by atoms with Crippen molar-refractivity contribution >= 4 is 15.9 Å². The van der Waals surface area contributed by atoms with Crippen LogP contribution in [0.15, 0.2) is 16.6 Å². The van der Waals surface area contributed by atoms with Crippen LogP contribution in [-0.2, 0) is 6.54 Å². The number of hydrogen-bond donors (Lipinski definition) is 1. The minimum atomic E-state index is -0.483. The Labute approximate surface area is 127 Å². The summed E-state index contributed by atoms with van der Waals surface area (Å²) < 4.78 is 28.1. The molecular weight excluding hydrogens is 326 g/mol. The Morgan fingerprint density at radius 2 is 2.20 bits per heavy atom. The fraction of sp³-hybridized carbons (Fsp3) is 0.600. The van der Waals surface area contributed by atoms with Gasteiger partial charge in [-0.2, -0.15) is 0 Å². The number of piperazine rings is 1. The largest absolute Gasteiger partial charge is 0.311 e. The van der Waals surface area contributed by atoms with Crippen molar-refractivity contribution in [3.8, 4) is 0 Å². The van der Waals surface area contributed by atoms with Crippen LogP contribution < -0.4 is 5.32 Å². The van der Waals surface area contributed by atoms with Gasteiger partial charge in [-0.3, -0.25) is 4.90 Å². The van der Waals surface area contributed by atoms with Crippen LogP contribution in [0.25, 0.3) is 0 Å². The molecule has 0 spiro atoms. The highest BCUT2D eigenvalue weighted by Crippen LogP contribution is 2.23. The van der Waals surface area contributed by atoms with Crippen LogP contribution in [-0.4, -0.2) is 30.6 Å². The summed E-state index contributed by atoms with van der Waals surface area (Å²) in [5, 5.41) is 3.49. The Morgan fingerprint density at radius 3 is 2.90 bits per heavy atom. The number of hydrogen-bond acceptors (Lipinski definition) is 2. The van der Waals surface area contributed by atoms with Gasteiger partial charge in [0, 0.05) is 37.8 Å². The molecule has 1 aliphatic rings. The molecule has 0 aliphatic carbocycles. The first kappa shape index (κ1) is 15.9. The third kappa shape index (κ3) is 3.57. The first-order valence-corrected chi connectivity index (χ1v) is 7.90. The fourth-order valence-corrected chi connectivity index (χ4v) is 2.96. The molecule has 0 saturated carbocycles. The lowest BCUT2D eigenvalue weighted by atomic mass is 9.97. The van der Waals surface area contributed by atoms with Crippen molar-refractivity contribution in [1.29, 1.82) is 0 Å². The van der Waals surface area contributed by atoms with E-state index in [9.17, 15) is 8.78 Å². The van der Waals surface area contributed by atoms with Gasteiger partial charge in [0.25, 0.3) is 0 Å². The van der Waals surface area contributed by atoms with Crippen molar-refractivity contribution in [2.24, 2.45) is 5.92 Å². The van der Waals surface area contributed by atoms with E-state index in [0.717, 1.165) is 26.1 Å². The summed E-state index contributed by atoms with van der Waals surface area (Å²) >= 11 is 3.12.